The minimum atomic E-state index is -0.552. The number of carbonyl (C=O) groups is 2. The number of benzene rings is 2. The number of methoxy groups -OCH3 is 1. The Kier molecular flexibility index (Phi) is 4.72. The molecule has 0 saturated carbocycles. The Morgan fingerprint density at radius 2 is 1.48 bits per heavy atom. The monoisotopic (exact) mass is 284 g/mol. The molecule has 0 spiro atoms. The lowest BCUT2D eigenvalue weighted by molar-refractivity contribution is 0.0729. The highest BCUT2D eigenvalue weighted by atomic mass is 16.5. The van der Waals surface area contributed by atoms with Crippen molar-refractivity contribution in [3.63, 3.8) is 0 Å². The highest BCUT2D eigenvalue weighted by Crippen LogP contribution is 2.23. The molecule has 0 aromatic heterocycles. The summed E-state index contributed by atoms with van der Waals surface area (Å²) in [4.78, 5) is 24.1. The largest absolute Gasteiger partial charge is 0.496 e. The molecule has 2 rings (SSSR count). The van der Waals surface area contributed by atoms with Gasteiger partial charge >= 0.3 is 5.97 Å². The smallest absolute Gasteiger partial charge is 0.347 e. The van der Waals surface area contributed by atoms with Crippen LogP contribution in [-0.4, -0.2) is 18.9 Å². The second-order valence-electron chi connectivity index (χ2n) is 4.36. The predicted molar refractivity (Wildman–Crippen MR) is 79.0 cm³/mol. The summed E-state index contributed by atoms with van der Waals surface area (Å²) in [5.74, 6) is 0.0734. The van der Waals surface area contributed by atoms with Gasteiger partial charge in [0, 0.05) is 6.42 Å². The Hall–Kier alpha value is -2.62. The van der Waals surface area contributed by atoms with Crippen LogP contribution in [0.25, 0.3) is 0 Å². The number of rotatable bonds is 5. The first-order valence-electron chi connectivity index (χ1n) is 6.64. The number of ether oxygens (including phenoxy) is 2. The van der Waals surface area contributed by atoms with Gasteiger partial charge in [-0.05, 0) is 24.3 Å². The molecule has 0 aliphatic rings. The molecule has 0 atom stereocenters. The number of ketones is 1. The molecule has 0 unspecified atom stereocenters. The van der Waals surface area contributed by atoms with E-state index < -0.39 is 5.97 Å². The van der Waals surface area contributed by atoms with E-state index >= 15 is 0 Å². The van der Waals surface area contributed by atoms with Crippen molar-refractivity contribution >= 4 is 11.8 Å². The maximum Gasteiger partial charge on any atom is 0.347 e. The average molecular weight is 284 g/mol. The molecular formula is C17H16O4. The first-order chi connectivity index (χ1) is 10.2. The first kappa shape index (κ1) is 14.8. The summed E-state index contributed by atoms with van der Waals surface area (Å²) >= 11 is 0. The van der Waals surface area contributed by atoms with Gasteiger partial charge in [-0.3, -0.25) is 4.79 Å². The Bertz CT molecular complexity index is 661. The normalized spacial score (nSPS) is 10.0. The van der Waals surface area contributed by atoms with Crippen LogP contribution in [0, 0.1) is 0 Å². The van der Waals surface area contributed by atoms with E-state index in [-0.39, 0.29) is 11.5 Å². The van der Waals surface area contributed by atoms with Crippen molar-refractivity contribution in [3.8, 4) is 11.5 Å². The average Bonchev–Trinajstić information content (AvgIpc) is 2.54. The van der Waals surface area contributed by atoms with Gasteiger partial charge in [-0.2, -0.15) is 0 Å². The highest BCUT2D eigenvalue weighted by molar-refractivity contribution is 6.00. The molecular weight excluding hydrogens is 268 g/mol. The zero-order valence-electron chi connectivity index (χ0n) is 12.0. The van der Waals surface area contributed by atoms with Gasteiger partial charge in [-0.25, -0.2) is 4.79 Å². The van der Waals surface area contributed by atoms with Crippen LogP contribution in [0.5, 0.6) is 11.5 Å². The van der Waals surface area contributed by atoms with E-state index in [0.717, 1.165) is 0 Å². The summed E-state index contributed by atoms with van der Waals surface area (Å²) in [5.41, 5.74) is 0.724. The van der Waals surface area contributed by atoms with E-state index in [2.05, 4.69) is 0 Å². The van der Waals surface area contributed by atoms with Crippen LogP contribution in [0.3, 0.4) is 0 Å². The molecule has 0 fully saturated rings. The van der Waals surface area contributed by atoms with Crippen LogP contribution in [0.15, 0.2) is 48.5 Å². The van der Waals surface area contributed by atoms with E-state index in [1.807, 2.05) is 0 Å². The van der Waals surface area contributed by atoms with Gasteiger partial charge in [-0.15, -0.1) is 0 Å². The molecule has 0 amide bonds. The molecule has 0 aliphatic heterocycles. The summed E-state index contributed by atoms with van der Waals surface area (Å²) in [6, 6.07) is 13.5. The summed E-state index contributed by atoms with van der Waals surface area (Å²) in [7, 11) is 1.49. The summed E-state index contributed by atoms with van der Waals surface area (Å²) in [6.07, 6.45) is 0.350. The van der Waals surface area contributed by atoms with Crippen molar-refractivity contribution in [3.05, 3.63) is 59.7 Å². The lowest BCUT2D eigenvalue weighted by atomic mass is 10.1. The van der Waals surface area contributed by atoms with Gasteiger partial charge in [-0.1, -0.05) is 31.2 Å². The number of carbonyl (C=O) groups excluding carboxylic acids is 2. The van der Waals surface area contributed by atoms with Gasteiger partial charge < -0.3 is 9.47 Å². The van der Waals surface area contributed by atoms with Gasteiger partial charge in [0.1, 0.15) is 17.1 Å². The minimum absolute atomic E-state index is 0.0709. The fraction of sp³-hybridized carbons (Fsp3) is 0.176. The van der Waals surface area contributed by atoms with E-state index in [4.69, 9.17) is 9.47 Å². The van der Waals surface area contributed by atoms with Crippen molar-refractivity contribution in [1.29, 1.82) is 0 Å². The third-order valence-electron chi connectivity index (χ3n) is 3.04. The van der Waals surface area contributed by atoms with Crippen molar-refractivity contribution in [2.24, 2.45) is 0 Å². The second kappa shape index (κ2) is 6.70. The number of Topliss-reactive ketones (excluding diaryl/α,β-unsaturated/α-hetero) is 1. The van der Waals surface area contributed by atoms with E-state index in [0.29, 0.717) is 23.3 Å². The maximum atomic E-state index is 12.2. The van der Waals surface area contributed by atoms with Gasteiger partial charge in [0.25, 0.3) is 0 Å². The van der Waals surface area contributed by atoms with Gasteiger partial charge in [0.2, 0.25) is 0 Å². The number of hydrogen-bond donors (Lipinski definition) is 0. The van der Waals surface area contributed by atoms with Crippen LogP contribution < -0.4 is 9.47 Å². The number of para-hydroxylation sites is 2. The van der Waals surface area contributed by atoms with Gasteiger partial charge in [0.05, 0.1) is 12.7 Å². The molecule has 0 aliphatic carbocycles. The van der Waals surface area contributed by atoms with Crippen LogP contribution in [0.4, 0.5) is 0 Å². The van der Waals surface area contributed by atoms with Crippen LogP contribution in [0.2, 0.25) is 0 Å². The van der Waals surface area contributed by atoms with Crippen LogP contribution >= 0.6 is 0 Å². The lowest BCUT2D eigenvalue weighted by Crippen LogP contribution is -2.12. The second-order valence-corrected chi connectivity index (χ2v) is 4.36. The molecule has 2 aromatic carbocycles. The first-order valence-corrected chi connectivity index (χ1v) is 6.64. The molecule has 21 heavy (non-hydrogen) atoms. The molecule has 0 bridgehead atoms. The van der Waals surface area contributed by atoms with Crippen molar-refractivity contribution in [2.45, 2.75) is 13.3 Å². The molecule has 4 heteroatoms. The van der Waals surface area contributed by atoms with Crippen LogP contribution in [0.1, 0.15) is 34.1 Å². The Morgan fingerprint density at radius 3 is 2.10 bits per heavy atom. The summed E-state index contributed by atoms with van der Waals surface area (Å²) < 4.78 is 10.5. The molecule has 4 nitrogen and oxygen atoms in total. The number of esters is 1. The maximum absolute atomic E-state index is 12.2. The fourth-order valence-corrected chi connectivity index (χ4v) is 1.94. The quantitative estimate of drug-likeness (QED) is 0.479. The van der Waals surface area contributed by atoms with Crippen molar-refractivity contribution in [1.82, 2.24) is 0 Å². The third kappa shape index (κ3) is 3.28. The molecule has 0 radical (unpaired) electrons. The standard InChI is InChI=1S/C17H16O4/c1-3-14(18)12-8-4-7-11-16(12)21-17(19)13-9-5-6-10-15(13)20-2/h4-11H,3H2,1-2H3. The van der Waals surface area contributed by atoms with Crippen molar-refractivity contribution in [2.75, 3.05) is 7.11 Å². The van der Waals surface area contributed by atoms with E-state index in [1.165, 1.54) is 7.11 Å². The lowest BCUT2D eigenvalue weighted by Gasteiger charge is -2.10. The Labute approximate surface area is 123 Å². The SMILES string of the molecule is CCC(=O)c1ccccc1OC(=O)c1ccccc1OC. The Balaban J connectivity index is 2.30. The van der Waals surface area contributed by atoms with Crippen LogP contribution in [-0.2, 0) is 0 Å². The zero-order valence-corrected chi connectivity index (χ0v) is 12.0. The molecule has 108 valence electrons. The Morgan fingerprint density at radius 1 is 0.905 bits per heavy atom. The van der Waals surface area contributed by atoms with Gasteiger partial charge in [0.15, 0.2) is 5.78 Å². The third-order valence-corrected chi connectivity index (χ3v) is 3.04. The fourth-order valence-electron chi connectivity index (χ4n) is 1.94. The summed E-state index contributed by atoms with van der Waals surface area (Å²) in [6.45, 7) is 1.77. The van der Waals surface area contributed by atoms with Crippen molar-refractivity contribution < 1.29 is 19.1 Å². The topological polar surface area (TPSA) is 52.6 Å². The van der Waals surface area contributed by atoms with E-state index in [9.17, 15) is 9.59 Å². The van der Waals surface area contributed by atoms with E-state index in [1.54, 1.807) is 55.5 Å². The molecule has 2 aromatic rings. The molecule has 0 N–H and O–H groups in total. The molecule has 0 saturated heterocycles. The predicted octanol–water partition coefficient (Wildman–Crippen LogP) is 3.51. The minimum Gasteiger partial charge on any atom is -0.496 e. The summed E-state index contributed by atoms with van der Waals surface area (Å²) in [5, 5.41) is 0. The molecule has 0 heterocycles. The zero-order chi connectivity index (χ0) is 15.2. The number of hydrogen-bond acceptors (Lipinski definition) is 4. The highest BCUT2D eigenvalue weighted by Gasteiger charge is 2.17.